The molecule has 2 aliphatic heterocycles. The van der Waals surface area contributed by atoms with Gasteiger partial charge in [-0.1, -0.05) is 18.6 Å². The van der Waals surface area contributed by atoms with Crippen molar-refractivity contribution in [3.05, 3.63) is 53.6 Å². The van der Waals surface area contributed by atoms with E-state index in [0.717, 1.165) is 50.1 Å². The fourth-order valence-corrected chi connectivity index (χ4v) is 5.67. The molecule has 2 aromatic rings. The number of carbonyl (C=O) groups is 1. The number of hydrogen-bond acceptors (Lipinski definition) is 4. The van der Waals surface area contributed by atoms with E-state index in [2.05, 4.69) is 23.2 Å². The van der Waals surface area contributed by atoms with Crippen LogP contribution < -0.4 is 10.2 Å². The summed E-state index contributed by atoms with van der Waals surface area (Å²) in [5.41, 5.74) is 3.51. The molecule has 0 saturated carbocycles. The van der Waals surface area contributed by atoms with Crippen LogP contribution in [0.15, 0.2) is 47.4 Å². The van der Waals surface area contributed by atoms with E-state index in [4.69, 9.17) is 0 Å². The van der Waals surface area contributed by atoms with Gasteiger partial charge in [0, 0.05) is 43.1 Å². The van der Waals surface area contributed by atoms with Crippen LogP contribution in [0.4, 0.5) is 11.4 Å². The van der Waals surface area contributed by atoms with Crippen molar-refractivity contribution in [3.63, 3.8) is 0 Å². The summed E-state index contributed by atoms with van der Waals surface area (Å²) >= 11 is 0. The van der Waals surface area contributed by atoms with E-state index < -0.39 is 10.0 Å². The first-order chi connectivity index (χ1) is 14.0. The first-order valence-electron chi connectivity index (χ1n) is 10.3. The van der Waals surface area contributed by atoms with Crippen molar-refractivity contribution >= 4 is 27.3 Å². The number of sulfonamides is 1. The second kappa shape index (κ2) is 8.16. The van der Waals surface area contributed by atoms with Gasteiger partial charge in [-0.15, -0.1) is 0 Å². The molecule has 7 heteroatoms. The second-order valence-corrected chi connectivity index (χ2v) is 9.56. The fourth-order valence-electron chi connectivity index (χ4n) is 4.11. The maximum absolute atomic E-state index is 12.9. The van der Waals surface area contributed by atoms with E-state index in [0.29, 0.717) is 18.7 Å². The van der Waals surface area contributed by atoms with Crippen molar-refractivity contribution in [2.24, 2.45) is 0 Å². The summed E-state index contributed by atoms with van der Waals surface area (Å²) in [6.45, 7) is 5.14. The molecule has 29 heavy (non-hydrogen) atoms. The number of anilines is 2. The largest absolute Gasteiger partial charge is 0.371 e. The molecule has 6 nitrogen and oxygen atoms in total. The molecule has 2 heterocycles. The Bertz CT molecular complexity index is 1010. The minimum atomic E-state index is -3.56. The minimum Gasteiger partial charge on any atom is -0.371 e. The number of rotatable bonds is 5. The Morgan fingerprint density at radius 3 is 2.59 bits per heavy atom. The van der Waals surface area contributed by atoms with Gasteiger partial charge in [-0.25, -0.2) is 8.42 Å². The van der Waals surface area contributed by atoms with Crippen LogP contribution in [0.2, 0.25) is 0 Å². The number of nitrogens with one attached hydrogen (secondary N) is 1. The quantitative estimate of drug-likeness (QED) is 0.815. The molecular formula is C22H27N3O3S. The average molecular weight is 414 g/mol. The molecule has 0 aliphatic carbocycles. The molecule has 4 rings (SSSR count). The zero-order valence-electron chi connectivity index (χ0n) is 16.7. The van der Waals surface area contributed by atoms with Crippen LogP contribution >= 0.6 is 0 Å². The molecular weight excluding hydrogens is 386 g/mol. The van der Waals surface area contributed by atoms with Crippen LogP contribution in [0, 0.1) is 0 Å². The maximum Gasteiger partial charge on any atom is 0.255 e. The number of nitrogens with zero attached hydrogens (tertiary/aromatic N) is 2. The maximum atomic E-state index is 12.9. The molecule has 1 fully saturated rings. The predicted octanol–water partition coefficient (Wildman–Crippen LogP) is 3.50. The van der Waals surface area contributed by atoms with Crippen molar-refractivity contribution in [2.45, 2.75) is 37.5 Å². The number of amides is 1. The molecule has 154 valence electrons. The Morgan fingerprint density at radius 2 is 1.83 bits per heavy atom. The van der Waals surface area contributed by atoms with Gasteiger partial charge < -0.3 is 10.2 Å². The smallest absolute Gasteiger partial charge is 0.255 e. The normalized spacial score (nSPS) is 17.2. The van der Waals surface area contributed by atoms with Crippen LogP contribution in [0.5, 0.6) is 0 Å². The van der Waals surface area contributed by atoms with Crippen LogP contribution in [0.3, 0.4) is 0 Å². The molecule has 1 saturated heterocycles. The molecule has 0 spiro atoms. The number of benzene rings is 2. The van der Waals surface area contributed by atoms with E-state index in [1.165, 1.54) is 15.9 Å². The summed E-state index contributed by atoms with van der Waals surface area (Å²) in [5, 5.41) is 2.92. The summed E-state index contributed by atoms with van der Waals surface area (Å²) in [6, 6.07) is 12.3. The Balaban J connectivity index is 1.54. The lowest BCUT2D eigenvalue weighted by Crippen LogP contribution is -2.35. The van der Waals surface area contributed by atoms with Gasteiger partial charge >= 0.3 is 0 Å². The van der Waals surface area contributed by atoms with Gasteiger partial charge in [-0.3, -0.25) is 4.79 Å². The highest BCUT2D eigenvalue weighted by Crippen LogP contribution is 2.31. The summed E-state index contributed by atoms with van der Waals surface area (Å²) in [7, 11) is -3.56. The third-order valence-corrected chi connectivity index (χ3v) is 7.66. The van der Waals surface area contributed by atoms with Gasteiger partial charge in [0.2, 0.25) is 10.0 Å². The summed E-state index contributed by atoms with van der Waals surface area (Å²) in [6.07, 6.45) is 3.84. The van der Waals surface area contributed by atoms with Gasteiger partial charge in [0.1, 0.15) is 0 Å². The first kappa shape index (κ1) is 19.9. The highest BCUT2D eigenvalue weighted by Gasteiger charge is 2.26. The molecule has 1 N–H and O–H groups in total. The number of likely N-dealkylation sites (N-methyl/N-ethyl adjacent to an activating group) is 1. The van der Waals surface area contributed by atoms with Crippen LogP contribution in [-0.4, -0.2) is 44.8 Å². The van der Waals surface area contributed by atoms with Crippen molar-refractivity contribution in [3.8, 4) is 0 Å². The van der Waals surface area contributed by atoms with E-state index in [1.54, 1.807) is 18.2 Å². The average Bonchev–Trinajstić information content (AvgIpc) is 3.17. The monoisotopic (exact) mass is 413 g/mol. The predicted molar refractivity (Wildman–Crippen MR) is 115 cm³/mol. The van der Waals surface area contributed by atoms with Crippen LogP contribution in [-0.2, 0) is 16.4 Å². The minimum absolute atomic E-state index is 0.179. The number of piperidine rings is 1. The van der Waals surface area contributed by atoms with Gasteiger partial charge in [0.15, 0.2) is 0 Å². The van der Waals surface area contributed by atoms with Gasteiger partial charge in [0.05, 0.1) is 4.90 Å². The zero-order valence-corrected chi connectivity index (χ0v) is 17.5. The summed E-state index contributed by atoms with van der Waals surface area (Å²) in [4.78, 5) is 15.3. The standard InChI is InChI=1S/C22H27N3O3S/c1-2-24-14-11-17-9-10-19(16-21(17)24)23-22(26)18-7-6-8-20(15-18)29(27,28)25-12-4-3-5-13-25/h6-10,15-16H,2-5,11-14H2,1H3,(H,23,26). The Labute approximate surface area is 172 Å². The number of carbonyl (C=O) groups excluding carboxylic acids is 1. The van der Waals surface area contributed by atoms with Crippen molar-refractivity contribution in [2.75, 3.05) is 36.4 Å². The SMILES string of the molecule is CCN1CCc2ccc(NC(=O)c3cccc(S(=O)(=O)N4CCCCC4)c3)cc21. The first-order valence-corrected chi connectivity index (χ1v) is 11.7. The molecule has 2 aliphatic rings. The lowest BCUT2D eigenvalue weighted by molar-refractivity contribution is 0.102. The highest BCUT2D eigenvalue weighted by molar-refractivity contribution is 7.89. The van der Waals surface area contributed by atoms with E-state index >= 15 is 0 Å². The summed E-state index contributed by atoms with van der Waals surface area (Å²) in [5.74, 6) is -0.304. The van der Waals surface area contributed by atoms with Gasteiger partial charge in [-0.2, -0.15) is 4.31 Å². The molecule has 0 atom stereocenters. The zero-order chi connectivity index (χ0) is 20.4. The lowest BCUT2D eigenvalue weighted by atomic mass is 10.1. The Hall–Kier alpha value is -2.38. The van der Waals surface area contributed by atoms with Crippen molar-refractivity contribution in [1.29, 1.82) is 0 Å². The number of hydrogen-bond donors (Lipinski definition) is 1. The Kier molecular flexibility index (Phi) is 5.61. The highest BCUT2D eigenvalue weighted by atomic mass is 32.2. The molecule has 0 bridgehead atoms. The van der Waals surface area contributed by atoms with E-state index in [-0.39, 0.29) is 10.8 Å². The van der Waals surface area contributed by atoms with Crippen molar-refractivity contribution < 1.29 is 13.2 Å². The fraction of sp³-hybridized carbons (Fsp3) is 0.409. The van der Waals surface area contributed by atoms with Gasteiger partial charge in [-0.05, 0) is 62.1 Å². The lowest BCUT2D eigenvalue weighted by Gasteiger charge is -2.26. The topological polar surface area (TPSA) is 69.7 Å². The second-order valence-electron chi connectivity index (χ2n) is 7.62. The van der Waals surface area contributed by atoms with E-state index in [1.807, 2.05) is 12.1 Å². The Morgan fingerprint density at radius 1 is 1.03 bits per heavy atom. The third-order valence-electron chi connectivity index (χ3n) is 5.77. The summed E-state index contributed by atoms with van der Waals surface area (Å²) < 4.78 is 27.3. The third kappa shape index (κ3) is 4.02. The van der Waals surface area contributed by atoms with Crippen molar-refractivity contribution in [1.82, 2.24) is 4.31 Å². The molecule has 1 amide bonds. The molecule has 0 unspecified atom stereocenters. The molecule has 0 radical (unpaired) electrons. The molecule has 0 aromatic heterocycles. The molecule has 2 aromatic carbocycles. The van der Waals surface area contributed by atoms with E-state index in [9.17, 15) is 13.2 Å². The van der Waals surface area contributed by atoms with Gasteiger partial charge in [0.25, 0.3) is 5.91 Å². The van der Waals surface area contributed by atoms with Crippen LogP contribution in [0.25, 0.3) is 0 Å². The van der Waals surface area contributed by atoms with Crippen LogP contribution in [0.1, 0.15) is 42.1 Å². The number of fused-ring (bicyclic) bond motifs is 1.